The largest absolute Gasteiger partial charge is 0.302 e. The molecular weight excluding hydrogens is 394 g/mol. The van der Waals surface area contributed by atoms with Gasteiger partial charge in [0.1, 0.15) is 0 Å². The predicted molar refractivity (Wildman–Crippen MR) is 124 cm³/mol. The molecule has 2 heterocycles. The minimum Gasteiger partial charge on any atom is -0.302 e. The van der Waals surface area contributed by atoms with Crippen molar-refractivity contribution in [3.63, 3.8) is 0 Å². The van der Waals surface area contributed by atoms with Gasteiger partial charge in [-0.2, -0.15) is 0 Å². The third-order valence-electron chi connectivity index (χ3n) is 5.70. The van der Waals surface area contributed by atoms with Crippen LogP contribution >= 0.6 is 23.1 Å². The fourth-order valence-electron chi connectivity index (χ4n) is 4.26. The van der Waals surface area contributed by atoms with Gasteiger partial charge in [-0.05, 0) is 54.0 Å². The second-order valence-corrected chi connectivity index (χ2v) is 9.55. The molecule has 2 aromatic heterocycles. The number of rotatable bonds is 6. The van der Waals surface area contributed by atoms with E-state index >= 15 is 0 Å². The molecule has 0 N–H and O–H groups in total. The average Bonchev–Trinajstić information content (AvgIpc) is 3.36. The highest BCUT2D eigenvalue weighted by atomic mass is 32.2. The Labute approximate surface area is 180 Å². The monoisotopic (exact) mass is 419 g/mol. The summed E-state index contributed by atoms with van der Waals surface area (Å²) in [6.07, 6.45) is 6.11. The van der Waals surface area contributed by atoms with Gasteiger partial charge >= 0.3 is 0 Å². The highest BCUT2D eigenvalue weighted by molar-refractivity contribution is 7.98. The van der Waals surface area contributed by atoms with Gasteiger partial charge in [-0.15, -0.1) is 21.5 Å². The molecule has 29 heavy (non-hydrogen) atoms. The zero-order chi connectivity index (χ0) is 19.6. The topological polar surface area (TPSA) is 30.7 Å². The van der Waals surface area contributed by atoms with Crippen LogP contribution in [0.15, 0.2) is 53.0 Å². The van der Waals surface area contributed by atoms with Gasteiger partial charge in [0.05, 0.1) is 0 Å². The number of thiophene rings is 1. The summed E-state index contributed by atoms with van der Waals surface area (Å²) < 4.78 is 2.34. The molecule has 0 aliphatic heterocycles. The predicted octanol–water partition coefficient (Wildman–Crippen LogP) is 6.74. The Kier molecular flexibility index (Phi) is 5.42. The Morgan fingerprint density at radius 1 is 1.03 bits per heavy atom. The molecular formula is C24H25N3S2. The fourth-order valence-corrected chi connectivity index (χ4v) is 6.35. The SMILES string of the molecule is CCCn1c(SCc2cccc3ccccc23)nnc1-c1csc2c1CCCC2. The van der Waals surface area contributed by atoms with E-state index in [4.69, 9.17) is 0 Å². The maximum absolute atomic E-state index is 4.66. The van der Waals surface area contributed by atoms with E-state index in [9.17, 15) is 0 Å². The first-order valence-corrected chi connectivity index (χ1v) is 12.3. The molecule has 2 aromatic carbocycles. The van der Waals surface area contributed by atoms with Gasteiger partial charge in [0, 0.05) is 28.1 Å². The molecule has 0 saturated heterocycles. The Morgan fingerprint density at radius 2 is 1.90 bits per heavy atom. The average molecular weight is 420 g/mol. The Balaban J connectivity index is 1.46. The maximum atomic E-state index is 4.66. The van der Waals surface area contributed by atoms with Crippen LogP contribution in [0.4, 0.5) is 0 Å². The van der Waals surface area contributed by atoms with Gasteiger partial charge in [0.15, 0.2) is 11.0 Å². The van der Waals surface area contributed by atoms with Gasteiger partial charge in [0.2, 0.25) is 0 Å². The van der Waals surface area contributed by atoms with Gasteiger partial charge in [-0.3, -0.25) is 0 Å². The molecule has 5 heteroatoms. The van der Waals surface area contributed by atoms with Gasteiger partial charge < -0.3 is 4.57 Å². The van der Waals surface area contributed by atoms with E-state index in [-0.39, 0.29) is 0 Å². The number of hydrogen-bond donors (Lipinski definition) is 0. The van der Waals surface area contributed by atoms with E-state index < -0.39 is 0 Å². The minimum atomic E-state index is 0.908. The third-order valence-corrected chi connectivity index (χ3v) is 7.81. The molecule has 0 unspecified atom stereocenters. The van der Waals surface area contributed by atoms with Crippen LogP contribution < -0.4 is 0 Å². The molecule has 0 amide bonds. The quantitative estimate of drug-likeness (QED) is 0.324. The van der Waals surface area contributed by atoms with Crippen LogP contribution in [0.3, 0.4) is 0 Å². The number of aromatic nitrogens is 3. The molecule has 3 nitrogen and oxygen atoms in total. The number of aryl methyl sites for hydroxylation is 1. The van der Waals surface area contributed by atoms with E-state index in [2.05, 4.69) is 69.5 Å². The van der Waals surface area contributed by atoms with Crippen molar-refractivity contribution in [2.24, 2.45) is 0 Å². The lowest BCUT2D eigenvalue weighted by molar-refractivity contribution is 0.625. The van der Waals surface area contributed by atoms with Gasteiger partial charge in [0.25, 0.3) is 0 Å². The summed E-state index contributed by atoms with van der Waals surface area (Å²) in [4.78, 5) is 1.56. The highest BCUT2D eigenvalue weighted by Gasteiger charge is 2.22. The second-order valence-electron chi connectivity index (χ2n) is 7.64. The van der Waals surface area contributed by atoms with E-state index in [1.165, 1.54) is 53.1 Å². The van der Waals surface area contributed by atoms with E-state index in [1.54, 1.807) is 16.6 Å². The van der Waals surface area contributed by atoms with E-state index in [0.29, 0.717) is 0 Å². The number of nitrogens with zero attached hydrogens (tertiary/aromatic N) is 3. The molecule has 0 spiro atoms. The molecule has 0 atom stereocenters. The first-order valence-electron chi connectivity index (χ1n) is 10.5. The van der Waals surface area contributed by atoms with Crippen molar-refractivity contribution < 1.29 is 0 Å². The van der Waals surface area contributed by atoms with Crippen molar-refractivity contribution >= 4 is 33.9 Å². The van der Waals surface area contributed by atoms with Crippen LogP contribution in [0, 0.1) is 0 Å². The van der Waals surface area contributed by atoms with Crippen LogP contribution in [0.1, 0.15) is 42.2 Å². The zero-order valence-corrected chi connectivity index (χ0v) is 18.4. The summed E-state index contributed by atoms with van der Waals surface area (Å²) in [5.74, 6) is 1.97. The molecule has 4 aromatic rings. The molecule has 0 radical (unpaired) electrons. The lowest BCUT2D eigenvalue weighted by Crippen LogP contribution is -2.05. The van der Waals surface area contributed by atoms with Crippen LogP contribution in [-0.2, 0) is 25.1 Å². The molecule has 148 valence electrons. The van der Waals surface area contributed by atoms with Crippen molar-refractivity contribution in [3.8, 4) is 11.4 Å². The molecule has 1 aliphatic carbocycles. The number of benzene rings is 2. The van der Waals surface area contributed by atoms with Crippen molar-refractivity contribution in [1.82, 2.24) is 14.8 Å². The van der Waals surface area contributed by atoms with Crippen molar-refractivity contribution in [1.29, 1.82) is 0 Å². The Morgan fingerprint density at radius 3 is 2.83 bits per heavy atom. The first kappa shape index (κ1) is 18.9. The number of fused-ring (bicyclic) bond motifs is 2. The van der Waals surface area contributed by atoms with Crippen molar-refractivity contribution in [3.05, 3.63) is 63.8 Å². The number of hydrogen-bond acceptors (Lipinski definition) is 4. The van der Waals surface area contributed by atoms with Crippen LogP contribution in [0.5, 0.6) is 0 Å². The maximum Gasteiger partial charge on any atom is 0.191 e. The second kappa shape index (κ2) is 8.33. The van der Waals surface area contributed by atoms with Gasteiger partial charge in [-0.25, -0.2) is 0 Å². The summed E-state index contributed by atoms with van der Waals surface area (Å²) in [5.41, 5.74) is 4.20. The standard InChI is InChI=1S/C24H25N3S2/c1-2-14-27-23(21-16-28-22-13-6-5-12-20(21)22)25-26-24(27)29-15-18-10-7-9-17-8-3-4-11-19(17)18/h3-4,7-11,16H,2,5-6,12-15H2,1H3. The molecule has 5 rings (SSSR count). The highest BCUT2D eigenvalue weighted by Crippen LogP contribution is 2.37. The normalized spacial score (nSPS) is 13.7. The van der Waals surface area contributed by atoms with Crippen molar-refractivity contribution in [2.75, 3.05) is 0 Å². The van der Waals surface area contributed by atoms with Crippen molar-refractivity contribution in [2.45, 2.75) is 56.5 Å². The van der Waals surface area contributed by atoms with Crippen LogP contribution in [0.25, 0.3) is 22.2 Å². The summed E-state index contributed by atoms with van der Waals surface area (Å²) in [5, 5.41) is 15.2. The lowest BCUT2D eigenvalue weighted by Gasteiger charge is -2.14. The summed E-state index contributed by atoms with van der Waals surface area (Å²) in [6, 6.07) is 15.2. The third kappa shape index (κ3) is 3.62. The number of thioether (sulfide) groups is 1. The summed E-state index contributed by atoms with van der Waals surface area (Å²) in [6.45, 7) is 3.19. The van der Waals surface area contributed by atoms with Crippen LogP contribution in [-0.4, -0.2) is 14.8 Å². The minimum absolute atomic E-state index is 0.908. The zero-order valence-electron chi connectivity index (χ0n) is 16.7. The van der Waals surface area contributed by atoms with E-state index in [0.717, 1.165) is 29.7 Å². The Hall–Kier alpha value is -2.11. The smallest absolute Gasteiger partial charge is 0.191 e. The molecule has 0 bridgehead atoms. The van der Waals surface area contributed by atoms with E-state index in [1.807, 2.05) is 11.3 Å². The molecule has 0 saturated carbocycles. The fraction of sp³-hybridized carbons (Fsp3) is 0.333. The molecule has 1 aliphatic rings. The summed E-state index contributed by atoms with van der Waals surface area (Å²) >= 11 is 3.71. The molecule has 0 fully saturated rings. The Bertz CT molecular complexity index is 1140. The lowest BCUT2D eigenvalue weighted by atomic mass is 9.95. The first-order chi connectivity index (χ1) is 14.3. The summed E-state index contributed by atoms with van der Waals surface area (Å²) in [7, 11) is 0. The van der Waals surface area contributed by atoms with Gasteiger partial charge in [-0.1, -0.05) is 61.2 Å². The van der Waals surface area contributed by atoms with Crippen LogP contribution in [0.2, 0.25) is 0 Å².